The molecule has 10 heteroatoms. The van der Waals surface area contributed by atoms with Gasteiger partial charge in [-0.3, -0.25) is 4.79 Å². The van der Waals surface area contributed by atoms with E-state index in [1.54, 1.807) is 40.9 Å². The number of imide groups is 1. The van der Waals surface area contributed by atoms with Crippen molar-refractivity contribution in [2.75, 3.05) is 11.2 Å². The van der Waals surface area contributed by atoms with E-state index < -0.39 is 11.3 Å². The van der Waals surface area contributed by atoms with Crippen LogP contribution in [-0.2, 0) is 11.3 Å². The molecule has 2 aliphatic rings. The van der Waals surface area contributed by atoms with E-state index in [4.69, 9.17) is 16.1 Å². The van der Waals surface area contributed by atoms with Crippen LogP contribution in [-0.4, -0.2) is 44.5 Å². The molecule has 5 rings (SSSR count). The SMILES string of the molecule is CSc1ccc(-c2noc(CN3C(=O)N(c4ccc(Cl)cc4)C(=O)C4SC=CC43)n2)cc1. The fourth-order valence-electron chi connectivity index (χ4n) is 3.66. The van der Waals surface area contributed by atoms with Crippen LogP contribution in [0.5, 0.6) is 0 Å². The van der Waals surface area contributed by atoms with Gasteiger partial charge in [0, 0.05) is 15.5 Å². The van der Waals surface area contributed by atoms with Gasteiger partial charge in [0.1, 0.15) is 11.8 Å². The van der Waals surface area contributed by atoms with Gasteiger partial charge in [-0.15, -0.1) is 23.5 Å². The number of halogens is 1. The average Bonchev–Trinajstić information content (AvgIpc) is 3.48. The van der Waals surface area contributed by atoms with E-state index in [0.717, 1.165) is 10.5 Å². The highest BCUT2D eigenvalue weighted by atomic mass is 35.5. The van der Waals surface area contributed by atoms with Crippen molar-refractivity contribution in [3.8, 4) is 11.4 Å². The standard InChI is InChI=1S/C22H17ClN4O3S2/c1-31-16-8-2-13(3-9-16)20-24-18(30-25-20)12-26-17-10-11-32-19(17)21(28)27(22(26)29)15-6-4-14(23)5-7-15/h2-11,17,19H,12H2,1H3. The van der Waals surface area contributed by atoms with Crippen LogP contribution >= 0.6 is 35.1 Å². The Labute approximate surface area is 197 Å². The third kappa shape index (κ3) is 3.80. The van der Waals surface area contributed by atoms with Crippen molar-refractivity contribution in [2.45, 2.75) is 22.7 Å². The van der Waals surface area contributed by atoms with Crippen LogP contribution in [0.1, 0.15) is 5.89 Å². The maximum absolute atomic E-state index is 13.4. The Bertz CT molecular complexity index is 1200. The number of urea groups is 1. The predicted octanol–water partition coefficient (Wildman–Crippen LogP) is 5.08. The smallest absolute Gasteiger partial charge is 0.332 e. The number of fused-ring (bicyclic) bond motifs is 1. The van der Waals surface area contributed by atoms with Gasteiger partial charge in [-0.05, 0) is 60.2 Å². The summed E-state index contributed by atoms with van der Waals surface area (Å²) in [7, 11) is 0. The number of anilines is 1. The van der Waals surface area contributed by atoms with E-state index in [-0.39, 0.29) is 18.5 Å². The van der Waals surface area contributed by atoms with E-state index in [1.807, 2.05) is 42.0 Å². The van der Waals surface area contributed by atoms with E-state index in [0.29, 0.717) is 22.4 Å². The number of amides is 3. The number of hydrogen-bond acceptors (Lipinski definition) is 7. The topological polar surface area (TPSA) is 79.5 Å². The third-order valence-corrected chi connectivity index (χ3v) is 7.36. The van der Waals surface area contributed by atoms with Crippen LogP contribution in [0.15, 0.2) is 69.4 Å². The van der Waals surface area contributed by atoms with E-state index in [9.17, 15) is 9.59 Å². The molecular weight excluding hydrogens is 468 g/mol. The van der Waals surface area contributed by atoms with Crippen molar-refractivity contribution in [1.82, 2.24) is 15.0 Å². The lowest BCUT2D eigenvalue weighted by Gasteiger charge is -2.40. The first-order valence-corrected chi connectivity index (χ1v) is 12.3. The highest BCUT2D eigenvalue weighted by Crippen LogP contribution is 2.37. The molecule has 2 aromatic carbocycles. The minimum atomic E-state index is -0.435. The van der Waals surface area contributed by atoms with E-state index >= 15 is 0 Å². The second-order valence-corrected chi connectivity index (χ2v) is 9.54. The minimum absolute atomic E-state index is 0.0954. The number of thioether (sulfide) groups is 2. The lowest BCUT2D eigenvalue weighted by molar-refractivity contribution is -0.119. The second-order valence-electron chi connectivity index (χ2n) is 7.18. The van der Waals surface area contributed by atoms with Crippen LogP contribution in [0.3, 0.4) is 0 Å². The summed E-state index contributed by atoms with van der Waals surface area (Å²) in [4.78, 5) is 34.8. The van der Waals surface area contributed by atoms with Gasteiger partial charge in [0.15, 0.2) is 0 Å². The van der Waals surface area contributed by atoms with Crippen molar-refractivity contribution in [1.29, 1.82) is 0 Å². The maximum Gasteiger partial charge on any atom is 0.332 e. The van der Waals surface area contributed by atoms with Gasteiger partial charge in [0.2, 0.25) is 11.7 Å². The Morgan fingerprint density at radius 1 is 1.12 bits per heavy atom. The van der Waals surface area contributed by atoms with Crippen molar-refractivity contribution in [2.24, 2.45) is 0 Å². The van der Waals surface area contributed by atoms with Gasteiger partial charge in [0.05, 0.1) is 11.7 Å². The van der Waals surface area contributed by atoms with E-state index in [2.05, 4.69) is 10.1 Å². The lowest BCUT2D eigenvalue weighted by atomic mass is 10.1. The molecule has 3 heterocycles. The summed E-state index contributed by atoms with van der Waals surface area (Å²) in [5.74, 6) is 0.501. The van der Waals surface area contributed by atoms with Crippen LogP contribution < -0.4 is 4.90 Å². The zero-order valence-electron chi connectivity index (χ0n) is 16.8. The first-order chi connectivity index (χ1) is 15.5. The molecule has 1 fully saturated rings. The molecule has 0 saturated carbocycles. The summed E-state index contributed by atoms with van der Waals surface area (Å²) < 4.78 is 5.45. The molecule has 0 radical (unpaired) electrons. The first kappa shape index (κ1) is 21.1. The molecule has 0 bridgehead atoms. The molecule has 0 N–H and O–H groups in total. The summed E-state index contributed by atoms with van der Waals surface area (Å²) in [6.45, 7) is 0.0954. The average molecular weight is 485 g/mol. The highest BCUT2D eigenvalue weighted by Gasteiger charge is 2.48. The van der Waals surface area contributed by atoms with Gasteiger partial charge >= 0.3 is 6.03 Å². The molecule has 3 amide bonds. The number of carbonyl (C=O) groups is 2. The lowest BCUT2D eigenvalue weighted by Crippen LogP contribution is -2.61. The summed E-state index contributed by atoms with van der Waals surface area (Å²) in [5.41, 5.74) is 1.30. The summed E-state index contributed by atoms with van der Waals surface area (Å²) in [6, 6.07) is 13.7. The molecule has 7 nitrogen and oxygen atoms in total. The molecule has 2 aliphatic heterocycles. The Morgan fingerprint density at radius 2 is 1.88 bits per heavy atom. The molecule has 0 spiro atoms. The molecule has 162 valence electrons. The number of benzene rings is 2. The zero-order chi connectivity index (χ0) is 22.2. The van der Waals surface area contributed by atoms with Crippen molar-refractivity contribution < 1.29 is 14.1 Å². The zero-order valence-corrected chi connectivity index (χ0v) is 19.2. The molecule has 1 aromatic heterocycles. The number of hydrogen-bond donors (Lipinski definition) is 0. The number of carbonyl (C=O) groups excluding carboxylic acids is 2. The number of nitrogens with zero attached hydrogens (tertiary/aromatic N) is 4. The van der Waals surface area contributed by atoms with Crippen LogP contribution in [0.4, 0.5) is 10.5 Å². The number of aromatic nitrogens is 2. The van der Waals surface area contributed by atoms with Crippen LogP contribution in [0.25, 0.3) is 11.4 Å². The minimum Gasteiger partial charge on any atom is -0.337 e. The Balaban J connectivity index is 1.42. The van der Waals surface area contributed by atoms with Gasteiger partial charge in [0.25, 0.3) is 5.91 Å². The Kier molecular flexibility index (Phi) is 5.71. The summed E-state index contributed by atoms with van der Waals surface area (Å²) in [6.07, 6.45) is 3.88. The number of rotatable bonds is 5. The molecule has 0 aliphatic carbocycles. The van der Waals surface area contributed by atoms with Gasteiger partial charge in [-0.25, -0.2) is 9.69 Å². The quantitative estimate of drug-likeness (QED) is 0.467. The van der Waals surface area contributed by atoms with Gasteiger partial charge in [-0.2, -0.15) is 4.98 Å². The Morgan fingerprint density at radius 3 is 2.59 bits per heavy atom. The third-order valence-electron chi connectivity index (χ3n) is 5.28. The van der Waals surface area contributed by atoms with Gasteiger partial charge in [-0.1, -0.05) is 22.8 Å². The highest BCUT2D eigenvalue weighted by molar-refractivity contribution is 8.03. The molecule has 2 atom stereocenters. The Hall–Kier alpha value is -2.75. The van der Waals surface area contributed by atoms with E-state index in [1.165, 1.54) is 16.7 Å². The summed E-state index contributed by atoms with van der Waals surface area (Å²) in [5, 5.41) is 6.03. The molecule has 1 saturated heterocycles. The fraction of sp³-hybridized carbons (Fsp3) is 0.182. The van der Waals surface area contributed by atoms with Gasteiger partial charge < -0.3 is 9.42 Å². The van der Waals surface area contributed by atoms with Crippen LogP contribution in [0, 0.1) is 0 Å². The maximum atomic E-state index is 13.4. The van der Waals surface area contributed by atoms with Crippen LogP contribution in [0.2, 0.25) is 5.02 Å². The largest absolute Gasteiger partial charge is 0.337 e. The second kappa shape index (κ2) is 8.65. The monoisotopic (exact) mass is 484 g/mol. The first-order valence-electron chi connectivity index (χ1n) is 9.74. The fourth-order valence-corrected chi connectivity index (χ4v) is 5.24. The molecule has 32 heavy (non-hydrogen) atoms. The molecule has 3 aromatic rings. The predicted molar refractivity (Wildman–Crippen MR) is 126 cm³/mol. The van der Waals surface area contributed by atoms with Crippen molar-refractivity contribution >= 4 is 52.8 Å². The summed E-state index contributed by atoms with van der Waals surface area (Å²) >= 11 is 9.03. The van der Waals surface area contributed by atoms with Crippen molar-refractivity contribution in [3.63, 3.8) is 0 Å². The normalized spacial score (nSPS) is 20.2. The molecular formula is C22H17ClN4O3S2. The molecule has 2 unspecified atom stereocenters. The van der Waals surface area contributed by atoms with Crippen molar-refractivity contribution in [3.05, 3.63) is 70.9 Å².